The van der Waals surface area contributed by atoms with Gasteiger partial charge in [-0.15, -0.1) is 5.10 Å². The van der Waals surface area contributed by atoms with Gasteiger partial charge in [0.1, 0.15) is 24.5 Å². The van der Waals surface area contributed by atoms with E-state index < -0.39 is 58.8 Å². The molecule has 3 saturated carbocycles. The summed E-state index contributed by atoms with van der Waals surface area (Å²) in [6.45, 7) is -2.22. The topological polar surface area (TPSA) is 102 Å². The first-order valence-corrected chi connectivity index (χ1v) is 10.7. The second-order valence-corrected chi connectivity index (χ2v) is 9.42. The lowest BCUT2D eigenvalue weighted by Gasteiger charge is -2.74. The van der Waals surface area contributed by atoms with Gasteiger partial charge in [-0.3, -0.25) is 0 Å². The third-order valence-electron chi connectivity index (χ3n) is 7.09. The Morgan fingerprint density at radius 1 is 1.03 bits per heavy atom. The second-order valence-electron chi connectivity index (χ2n) is 9.42. The highest BCUT2D eigenvalue weighted by Crippen LogP contribution is 2.80. The molecule has 2 N–H and O–H groups in total. The zero-order chi connectivity index (χ0) is 26.0. The Hall–Kier alpha value is -3.36. The van der Waals surface area contributed by atoms with Crippen molar-refractivity contribution in [2.24, 2.45) is 5.41 Å². The van der Waals surface area contributed by atoms with Crippen LogP contribution in [0.4, 0.5) is 36.7 Å². The van der Waals surface area contributed by atoms with E-state index in [0.29, 0.717) is 11.6 Å². The third kappa shape index (κ3) is 3.67. The van der Waals surface area contributed by atoms with Crippen molar-refractivity contribution in [3.63, 3.8) is 0 Å². The highest BCUT2D eigenvalue weighted by molar-refractivity contribution is 5.42. The number of aliphatic hydroxyl groups is 1. The number of aromatic nitrogens is 6. The van der Waals surface area contributed by atoms with E-state index in [2.05, 4.69) is 25.5 Å². The maximum atomic E-state index is 16.1. The van der Waals surface area contributed by atoms with Gasteiger partial charge in [-0.2, -0.15) is 13.2 Å². The number of nitrogens with zero attached hydrogens (tertiary/aromatic N) is 6. The van der Waals surface area contributed by atoms with Crippen LogP contribution in [0.1, 0.15) is 30.4 Å². The molecular weight excluding hydrogens is 499 g/mol. The van der Waals surface area contributed by atoms with Crippen LogP contribution in [0, 0.1) is 17.0 Å². The molecule has 192 valence electrons. The van der Waals surface area contributed by atoms with Gasteiger partial charge in [0.2, 0.25) is 5.95 Å². The maximum Gasteiger partial charge on any atom is 0.405 e. The molecule has 2 aromatic heterocycles. The Morgan fingerprint density at radius 3 is 2.25 bits per heavy atom. The number of rotatable bonds is 8. The molecule has 8 nitrogen and oxygen atoms in total. The van der Waals surface area contributed by atoms with E-state index in [1.807, 2.05) is 5.32 Å². The third-order valence-corrected chi connectivity index (χ3v) is 7.09. The first-order chi connectivity index (χ1) is 16.8. The molecule has 0 radical (unpaired) electrons. The predicted octanol–water partition coefficient (Wildman–Crippen LogP) is 3.36. The van der Waals surface area contributed by atoms with Crippen LogP contribution >= 0.6 is 0 Å². The van der Waals surface area contributed by atoms with Crippen molar-refractivity contribution in [2.75, 3.05) is 11.9 Å². The van der Waals surface area contributed by atoms with Crippen molar-refractivity contribution < 1.29 is 35.8 Å². The second kappa shape index (κ2) is 7.82. The van der Waals surface area contributed by atoms with E-state index in [-0.39, 0.29) is 25.2 Å². The number of halogens is 7. The number of alkyl halides is 5. The van der Waals surface area contributed by atoms with Gasteiger partial charge in [0, 0.05) is 34.9 Å². The summed E-state index contributed by atoms with van der Waals surface area (Å²) in [7, 11) is 0. The fourth-order valence-electron chi connectivity index (χ4n) is 5.40. The van der Waals surface area contributed by atoms with Crippen LogP contribution in [0.3, 0.4) is 0 Å². The standard InChI is InChI=1S/C21H18F7N7O/c22-13-1-2-14(15(23)3-13)19(36,10-35-11-32-33-34-35)21(27,28)18-6-17(7-18,8-18)12-4-29-16(30-5-12)31-9-20(24,25)26/h1-5,11,36H,6-10H2,(H,29,30,31). The fourth-order valence-corrected chi connectivity index (χ4v) is 5.40. The summed E-state index contributed by atoms with van der Waals surface area (Å²) in [5, 5.41) is 23.6. The molecule has 1 atom stereocenters. The molecule has 6 rings (SSSR count). The highest BCUT2D eigenvalue weighted by atomic mass is 19.4. The lowest BCUT2D eigenvalue weighted by atomic mass is 9.31. The van der Waals surface area contributed by atoms with E-state index in [0.717, 1.165) is 23.1 Å². The molecule has 3 fully saturated rings. The van der Waals surface area contributed by atoms with Crippen LogP contribution < -0.4 is 5.32 Å². The first kappa shape index (κ1) is 24.3. The van der Waals surface area contributed by atoms with Crippen molar-refractivity contribution >= 4 is 5.95 Å². The highest BCUT2D eigenvalue weighted by Gasteiger charge is 2.82. The average Bonchev–Trinajstić information content (AvgIpc) is 3.23. The minimum Gasteiger partial charge on any atom is -0.377 e. The molecule has 0 aliphatic heterocycles. The molecule has 1 unspecified atom stereocenters. The van der Waals surface area contributed by atoms with Crippen molar-refractivity contribution in [2.45, 2.75) is 48.9 Å². The van der Waals surface area contributed by atoms with Crippen LogP contribution in [-0.4, -0.2) is 53.9 Å². The van der Waals surface area contributed by atoms with Gasteiger partial charge in [0.15, 0.2) is 5.60 Å². The quantitative estimate of drug-likeness (QED) is 0.442. The number of hydrogen-bond acceptors (Lipinski definition) is 7. The van der Waals surface area contributed by atoms with Crippen LogP contribution in [0.2, 0.25) is 0 Å². The Morgan fingerprint density at radius 2 is 1.69 bits per heavy atom. The van der Waals surface area contributed by atoms with Crippen molar-refractivity contribution in [1.29, 1.82) is 0 Å². The maximum absolute atomic E-state index is 16.1. The molecule has 2 heterocycles. The SMILES string of the molecule is OC(Cn1cnnn1)(c1ccc(F)cc1F)C(F)(F)C12CC(c3cnc(NCC(F)(F)F)nc3)(C1)C2. The van der Waals surface area contributed by atoms with Gasteiger partial charge in [0.25, 0.3) is 5.92 Å². The van der Waals surface area contributed by atoms with Gasteiger partial charge in [-0.25, -0.2) is 32.2 Å². The van der Waals surface area contributed by atoms with Crippen molar-refractivity contribution in [3.05, 3.63) is 59.7 Å². The van der Waals surface area contributed by atoms with Gasteiger partial charge >= 0.3 is 6.18 Å². The summed E-state index contributed by atoms with van der Waals surface area (Å²) in [5.74, 6) is -6.50. The van der Waals surface area contributed by atoms with E-state index in [1.165, 1.54) is 12.4 Å². The lowest BCUT2D eigenvalue weighted by Crippen LogP contribution is -2.76. The van der Waals surface area contributed by atoms with Crippen LogP contribution in [0.5, 0.6) is 0 Å². The van der Waals surface area contributed by atoms with Crippen molar-refractivity contribution in [1.82, 2.24) is 30.2 Å². The van der Waals surface area contributed by atoms with Crippen LogP contribution in [-0.2, 0) is 17.6 Å². The Balaban J connectivity index is 1.39. The molecule has 36 heavy (non-hydrogen) atoms. The number of anilines is 1. The van der Waals surface area contributed by atoms with Crippen LogP contribution in [0.15, 0.2) is 36.9 Å². The first-order valence-electron chi connectivity index (χ1n) is 10.7. The fraction of sp³-hybridized carbons (Fsp3) is 0.476. The van der Waals surface area contributed by atoms with Gasteiger partial charge < -0.3 is 10.4 Å². The number of benzene rings is 1. The zero-order valence-corrected chi connectivity index (χ0v) is 18.3. The molecule has 3 aliphatic rings. The normalized spacial score (nSPS) is 25.0. The molecule has 2 bridgehead atoms. The summed E-state index contributed by atoms with van der Waals surface area (Å²) < 4.78 is 98.3. The van der Waals surface area contributed by atoms with Crippen molar-refractivity contribution in [3.8, 4) is 0 Å². The predicted molar refractivity (Wildman–Crippen MR) is 108 cm³/mol. The van der Waals surface area contributed by atoms with E-state index in [9.17, 15) is 27.1 Å². The Bertz CT molecular complexity index is 1250. The van der Waals surface area contributed by atoms with Gasteiger partial charge in [-0.05, 0) is 47.4 Å². The summed E-state index contributed by atoms with van der Waals surface area (Å²) >= 11 is 0. The summed E-state index contributed by atoms with van der Waals surface area (Å²) in [6.07, 6.45) is -1.24. The largest absolute Gasteiger partial charge is 0.405 e. The smallest absolute Gasteiger partial charge is 0.377 e. The summed E-state index contributed by atoms with van der Waals surface area (Å²) in [5.41, 5.74) is -5.91. The lowest BCUT2D eigenvalue weighted by molar-refractivity contribution is -0.347. The minimum absolute atomic E-state index is 0.105. The number of nitrogens with one attached hydrogen (secondary N) is 1. The summed E-state index contributed by atoms with van der Waals surface area (Å²) in [6, 6.07) is 1.95. The van der Waals surface area contributed by atoms with Gasteiger partial charge in [-0.1, -0.05) is 0 Å². The Kier molecular flexibility index (Phi) is 5.29. The molecule has 0 spiro atoms. The minimum atomic E-state index is -4.46. The summed E-state index contributed by atoms with van der Waals surface area (Å²) in [4.78, 5) is 7.67. The van der Waals surface area contributed by atoms with Gasteiger partial charge in [0.05, 0.1) is 6.54 Å². The molecular formula is C21H18F7N7O. The van der Waals surface area contributed by atoms with E-state index >= 15 is 8.78 Å². The van der Waals surface area contributed by atoms with E-state index in [1.54, 1.807) is 0 Å². The molecule has 0 amide bonds. The molecule has 3 aliphatic carbocycles. The Labute approximate surface area is 198 Å². The van der Waals surface area contributed by atoms with Crippen LogP contribution in [0.25, 0.3) is 0 Å². The number of tetrazole rings is 1. The van der Waals surface area contributed by atoms with E-state index in [4.69, 9.17) is 0 Å². The molecule has 3 aromatic rings. The molecule has 0 saturated heterocycles. The monoisotopic (exact) mass is 517 g/mol. The average molecular weight is 517 g/mol. The zero-order valence-electron chi connectivity index (χ0n) is 18.3. The molecule has 1 aromatic carbocycles. The number of hydrogen-bond donors (Lipinski definition) is 2. The molecule has 15 heteroatoms.